The second kappa shape index (κ2) is 24.1. The number of aryl methyl sites for hydroxylation is 6. The summed E-state index contributed by atoms with van der Waals surface area (Å²) in [6.07, 6.45) is 0. The lowest BCUT2D eigenvalue weighted by molar-refractivity contribution is 0.591. The molecule has 3 aliphatic rings. The standard InChI is InChI=1S/C116H98N12/c1-49-25-79-80(26-50(49)2)118-100-68-32-56(112(10,11)12)38-74-94(68)93-67(99(100)117-79)31-55(111(7,8)9)37-73(93)105-106(74)124-86-44-62-61(43-85(86)123-105)91-63-45-87-89(127-109-77-41-59(115(19,20)21)35-71-97(77)95-69(33-57(113(13,14)15)39-75(95)107(109)125-87)101-103(71)121-83-29-53(5)51(3)27-81(83)119-101)47-65(63)92(62)66-48-90-88(46-64(66)91)126-108-76-40-58(114(16,17)18)34-70-96(76)98-72(36-60(116(22,23)24)42-78(98)110(108)128-90)104-102(70)120-82-28-52(4)54(6)30-84(82)122-104/h25-48,91-92H,1-24H3. The third-order valence-corrected chi connectivity index (χ3v) is 30.1. The molecule has 27 rings (SSSR count). The molecule has 6 aromatic heterocycles. The number of fused-ring (bicyclic) bond motifs is 24. The van der Waals surface area contributed by atoms with Gasteiger partial charge in [0.15, 0.2) is 0 Å². The number of nitrogens with zero attached hydrogens (tertiary/aromatic N) is 12. The summed E-state index contributed by atoms with van der Waals surface area (Å²) < 4.78 is 0. The number of aromatic nitrogens is 12. The van der Waals surface area contributed by atoms with Crippen LogP contribution in [0, 0.1) is 41.5 Å². The largest absolute Gasteiger partial charge is 0.244 e. The fraction of sp³-hybridized carbons (Fsp3) is 0.276. The predicted molar refractivity (Wildman–Crippen MR) is 537 cm³/mol. The van der Waals surface area contributed by atoms with E-state index in [4.69, 9.17) is 59.8 Å². The Morgan fingerprint density at radius 1 is 0.148 bits per heavy atom. The van der Waals surface area contributed by atoms with E-state index in [2.05, 4.69) is 312 Å². The Morgan fingerprint density at radius 2 is 0.250 bits per heavy atom. The summed E-state index contributed by atoms with van der Waals surface area (Å²) >= 11 is 0. The van der Waals surface area contributed by atoms with Gasteiger partial charge in [0.1, 0.15) is 0 Å². The normalized spacial score (nSPS) is 15.2. The monoisotopic (exact) mass is 1660 g/mol. The first-order chi connectivity index (χ1) is 60.6. The van der Waals surface area contributed by atoms with Crippen molar-refractivity contribution >= 4 is 229 Å². The number of hydrogen-bond acceptors (Lipinski definition) is 12. The van der Waals surface area contributed by atoms with E-state index < -0.39 is 0 Å². The second-order valence-electron chi connectivity index (χ2n) is 44.8. The third kappa shape index (κ3) is 10.2. The van der Waals surface area contributed by atoms with Crippen LogP contribution in [0.5, 0.6) is 0 Å². The summed E-state index contributed by atoms with van der Waals surface area (Å²) in [5, 5.41) is 19.7. The molecule has 0 saturated carbocycles. The van der Waals surface area contributed by atoms with Crippen LogP contribution < -0.4 is 0 Å². The quantitative estimate of drug-likeness (QED) is 0.105. The summed E-state index contributed by atoms with van der Waals surface area (Å²) in [6.45, 7) is 54.7. The summed E-state index contributed by atoms with van der Waals surface area (Å²) in [5.41, 5.74) is 41.1. The van der Waals surface area contributed by atoms with E-state index >= 15 is 0 Å². The van der Waals surface area contributed by atoms with Crippen molar-refractivity contribution in [3.05, 3.63) is 246 Å². The van der Waals surface area contributed by atoms with Gasteiger partial charge in [0.2, 0.25) is 0 Å². The molecule has 0 spiro atoms. The van der Waals surface area contributed by atoms with Gasteiger partial charge >= 0.3 is 0 Å². The maximum atomic E-state index is 6.11. The molecule has 3 aliphatic carbocycles. The third-order valence-electron chi connectivity index (χ3n) is 30.1. The van der Waals surface area contributed by atoms with Gasteiger partial charge in [-0.1, -0.05) is 125 Å². The molecule has 0 saturated heterocycles. The number of benzene rings is 18. The molecule has 0 fully saturated rings. The molecule has 12 nitrogen and oxygen atoms in total. The minimum Gasteiger partial charge on any atom is -0.244 e. The highest BCUT2D eigenvalue weighted by atomic mass is 14.9. The zero-order valence-electron chi connectivity index (χ0n) is 77.4. The van der Waals surface area contributed by atoms with E-state index in [0.717, 1.165) is 229 Å². The van der Waals surface area contributed by atoms with Gasteiger partial charge in [-0.2, -0.15) is 0 Å². The maximum Gasteiger partial charge on any atom is 0.0979 e. The molecule has 0 unspecified atom stereocenters. The minimum absolute atomic E-state index is 0.240. The first-order valence-corrected chi connectivity index (χ1v) is 45.7. The van der Waals surface area contributed by atoms with Gasteiger partial charge in [-0.3, -0.25) is 0 Å². The van der Waals surface area contributed by atoms with E-state index in [1.165, 1.54) is 100 Å². The molecule has 12 heteroatoms. The van der Waals surface area contributed by atoms with Gasteiger partial charge in [0.05, 0.1) is 132 Å². The fourth-order valence-corrected chi connectivity index (χ4v) is 22.4. The lowest BCUT2D eigenvalue weighted by Gasteiger charge is -2.42. The highest BCUT2D eigenvalue weighted by Crippen LogP contribution is 2.60. The van der Waals surface area contributed by atoms with Crippen LogP contribution in [0.25, 0.3) is 229 Å². The molecule has 0 atom stereocenters. The summed E-state index contributed by atoms with van der Waals surface area (Å²) in [7, 11) is 0. The highest BCUT2D eigenvalue weighted by molar-refractivity contribution is 6.42. The minimum atomic E-state index is -0.308. The van der Waals surface area contributed by atoms with Crippen molar-refractivity contribution in [3.8, 4) is 0 Å². The van der Waals surface area contributed by atoms with Gasteiger partial charge in [-0.25, -0.2) is 59.8 Å². The van der Waals surface area contributed by atoms with Crippen LogP contribution in [-0.4, -0.2) is 59.8 Å². The summed E-state index contributed by atoms with van der Waals surface area (Å²) in [4.78, 5) is 70.7. The van der Waals surface area contributed by atoms with Gasteiger partial charge in [0, 0.05) is 109 Å². The SMILES string of the molecule is Cc1cc2nc3c4cc(C(C)(C)C)cc5c6nc7cc8c(cc7nc6c6cc(C(C)(C)C)cc(c3nc2cc1C)c6c45)C1c2cc3nc4c5cc(C(C)(C)C)cc6c7nc9cc(C)c(C)cc9nc7c7cc(C(C)(C)C)cc(c4nc3cc2C8c2cc3nc4c8cc(C(C)(C)C)cc9c%10nc%11cc(C)c(C)cc%11nc%10c%10cc(C(C)(C)C)cc(c4nc3cc21)c%10c98)c7c65. The Bertz CT molecular complexity index is 8060. The Kier molecular flexibility index (Phi) is 14.3. The van der Waals surface area contributed by atoms with E-state index in [9.17, 15) is 0 Å². The van der Waals surface area contributed by atoms with Crippen LogP contribution in [-0.2, 0) is 32.5 Å². The smallest absolute Gasteiger partial charge is 0.0979 e. The first kappa shape index (κ1) is 76.0. The molecule has 622 valence electrons. The van der Waals surface area contributed by atoms with E-state index in [0.29, 0.717) is 0 Å². The zero-order valence-corrected chi connectivity index (χ0v) is 77.4. The van der Waals surface area contributed by atoms with Gasteiger partial charge in [-0.05, 0) is 320 Å². The highest BCUT2D eigenvalue weighted by Gasteiger charge is 2.44. The molecule has 128 heavy (non-hydrogen) atoms. The lowest BCUT2D eigenvalue weighted by Crippen LogP contribution is -2.28. The molecule has 0 radical (unpaired) electrons. The van der Waals surface area contributed by atoms with Crippen molar-refractivity contribution < 1.29 is 0 Å². The average molecular weight is 1660 g/mol. The topological polar surface area (TPSA) is 155 Å². The van der Waals surface area contributed by atoms with Crippen molar-refractivity contribution in [1.29, 1.82) is 0 Å². The predicted octanol–water partition coefficient (Wildman–Crippen LogP) is 29.6. The number of rotatable bonds is 0. The lowest BCUT2D eigenvalue weighted by atomic mass is 9.61. The molecule has 0 amide bonds. The van der Waals surface area contributed by atoms with Crippen molar-refractivity contribution in [2.45, 2.75) is 210 Å². The van der Waals surface area contributed by atoms with Crippen molar-refractivity contribution in [2.24, 2.45) is 0 Å². The van der Waals surface area contributed by atoms with Crippen LogP contribution in [0.15, 0.2) is 146 Å². The molecule has 0 N–H and O–H groups in total. The second-order valence-corrected chi connectivity index (χ2v) is 44.8. The molecular weight excluding hydrogens is 1560 g/mol. The fourth-order valence-electron chi connectivity index (χ4n) is 22.4. The Balaban J connectivity index is 0.787. The van der Waals surface area contributed by atoms with Crippen LogP contribution in [0.2, 0.25) is 0 Å². The molecular formula is C116H98N12. The van der Waals surface area contributed by atoms with E-state index in [1.54, 1.807) is 0 Å². The van der Waals surface area contributed by atoms with Crippen LogP contribution in [0.3, 0.4) is 0 Å². The molecule has 6 heterocycles. The van der Waals surface area contributed by atoms with Crippen molar-refractivity contribution in [2.75, 3.05) is 0 Å². The first-order valence-electron chi connectivity index (χ1n) is 45.7. The van der Waals surface area contributed by atoms with E-state index in [1.807, 2.05) is 0 Å². The van der Waals surface area contributed by atoms with E-state index in [-0.39, 0.29) is 44.3 Å². The zero-order chi connectivity index (χ0) is 88.3. The van der Waals surface area contributed by atoms with Gasteiger partial charge in [0.25, 0.3) is 0 Å². The number of hydrogen-bond donors (Lipinski definition) is 0. The van der Waals surface area contributed by atoms with Crippen LogP contribution in [0.1, 0.15) is 237 Å². The van der Waals surface area contributed by atoms with Gasteiger partial charge in [-0.15, -0.1) is 0 Å². The van der Waals surface area contributed by atoms with Crippen LogP contribution >= 0.6 is 0 Å². The molecule has 2 bridgehead atoms. The average Bonchev–Trinajstić information content (AvgIpc) is 0.682. The van der Waals surface area contributed by atoms with Crippen LogP contribution in [0.4, 0.5) is 0 Å². The summed E-state index contributed by atoms with van der Waals surface area (Å²) in [6, 6.07) is 56.6. The van der Waals surface area contributed by atoms with Crippen molar-refractivity contribution in [1.82, 2.24) is 59.8 Å². The van der Waals surface area contributed by atoms with Crippen molar-refractivity contribution in [3.63, 3.8) is 0 Å². The Hall–Kier alpha value is -13.3. The van der Waals surface area contributed by atoms with Gasteiger partial charge < -0.3 is 0 Å². The summed E-state index contributed by atoms with van der Waals surface area (Å²) in [5.74, 6) is -0.616. The Morgan fingerprint density at radius 3 is 0.352 bits per heavy atom. The maximum absolute atomic E-state index is 6.11. The Labute approximate surface area is 740 Å². The molecule has 0 aliphatic heterocycles. The molecule has 24 aromatic rings. The molecule has 18 aromatic carbocycles.